The van der Waals surface area contributed by atoms with Crippen LogP contribution in [0.2, 0.25) is 0 Å². The molecule has 4 heterocycles. The predicted molar refractivity (Wildman–Crippen MR) is 367 cm³/mol. The Bertz CT molecular complexity index is 4390. The number of carbonyl (C=O) groups excluding carboxylic acids is 7. The molecule has 1 aliphatic rings. The monoisotopic (exact) mass is 1520 g/mol. The van der Waals surface area contributed by atoms with E-state index in [9.17, 15) is 75.5 Å². The first-order chi connectivity index (χ1) is 49.3. The number of hydrogen-bond acceptors (Lipinski definition) is 22. The maximum Gasteiger partial charge on any atom is 0.353 e. The van der Waals surface area contributed by atoms with Crippen LogP contribution in [0.3, 0.4) is 0 Å². The molecule has 33 nitrogen and oxygen atoms in total. The number of benzene rings is 3. The number of Topliss-reactive ketones (excluding diaryl/α,β-unsaturated/α-hetero) is 1. The van der Waals surface area contributed by atoms with Crippen LogP contribution in [0.25, 0.3) is 0 Å². The van der Waals surface area contributed by atoms with Gasteiger partial charge in [0.25, 0.3) is 0 Å². The zero-order valence-corrected chi connectivity index (χ0v) is 57.8. The molecule has 0 saturated carbocycles. The summed E-state index contributed by atoms with van der Waals surface area (Å²) in [4.78, 5) is 160. The van der Waals surface area contributed by atoms with Gasteiger partial charge in [0.15, 0.2) is 40.5 Å². The van der Waals surface area contributed by atoms with E-state index in [0.717, 1.165) is 57.8 Å². The Balaban J connectivity index is 0.000000284. The number of amidine groups is 3. The number of hydrogen-bond donors (Lipinski definition) is 14. The first kappa shape index (κ1) is 83.3. The van der Waals surface area contributed by atoms with E-state index in [1.54, 1.807) is 32.0 Å². The van der Waals surface area contributed by atoms with Crippen LogP contribution in [-0.4, -0.2) is 178 Å². The van der Waals surface area contributed by atoms with Crippen LogP contribution in [0.15, 0.2) is 97.6 Å². The quantitative estimate of drug-likeness (QED) is 0.00746. The summed E-state index contributed by atoms with van der Waals surface area (Å²) >= 11 is 3.08. The Morgan fingerprint density at radius 3 is 1.46 bits per heavy atom. The van der Waals surface area contributed by atoms with Gasteiger partial charge in [-0.05, 0) is 117 Å². The molecule has 0 fully saturated rings. The normalized spacial score (nSPS) is 12.1. The lowest BCUT2D eigenvalue weighted by Crippen LogP contribution is -2.50. The summed E-state index contributed by atoms with van der Waals surface area (Å²) < 4.78 is 57.7. The Labute approximate surface area is 604 Å². The van der Waals surface area contributed by atoms with Gasteiger partial charge in [0.2, 0.25) is 5.91 Å². The molecule has 0 aliphatic carbocycles. The van der Waals surface area contributed by atoms with Crippen molar-refractivity contribution in [3.05, 3.63) is 167 Å². The molecule has 0 radical (unpaired) electrons. The lowest BCUT2D eigenvalue weighted by atomic mass is 9.98. The first-order valence-corrected chi connectivity index (χ1v) is 33.0. The second-order valence-corrected chi connectivity index (χ2v) is 26.1. The summed E-state index contributed by atoms with van der Waals surface area (Å²) in [6.45, 7) is 6.85. The molecule has 7 rings (SSSR count). The van der Waals surface area contributed by atoms with Gasteiger partial charge in [-0.15, -0.1) is 40.6 Å². The number of halogens is 3. The number of urea groups is 2. The van der Waals surface area contributed by atoms with E-state index < -0.39 is 145 Å². The van der Waals surface area contributed by atoms with Gasteiger partial charge in [-0.25, -0.2) is 46.7 Å². The fourth-order valence-corrected chi connectivity index (χ4v) is 12.1. The Hall–Kier alpha value is -12.4. The first-order valence-electron chi connectivity index (χ1n) is 30.6. The van der Waals surface area contributed by atoms with Gasteiger partial charge in [-0.3, -0.25) is 45.0 Å². The van der Waals surface area contributed by atoms with Gasteiger partial charge in [-0.1, -0.05) is 6.08 Å². The summed E-state index contributed by atoms with van der Waals surface area (Å²) in [5.74, 6) is -17.9. The van der Waals surface area contributed by atoms with Crippen molar-refractivity contribution in [2.24, 2.45) is 23.1 Å². The van der Waals surface area contributed by atoms with E-state index in [0.29, 0.717) is 21.1 Å². The smallest absolute Gasteiger partial charge is 0.353 e. The summed E-state index contributed by atoms with van der Waals surface area (Å²) in [6, 6.07) is 13.1. The number of aryl methyl sites for hydroxylation is 1. The highest BCUT2D eigenvalue weighted by molar-refractivity contribution is 7.14. The highest BCUT2D eigenvalue weighted by Gasteiger charge is 2.32. The third-order valence-corrected chi connectivity index (χ3v) is 17.8. The standard InChI is InChI=1S/C25H26FN3O8S.C21H23FN4O7S.C20H19FN4O7S/c1-2-9-29(13-16(30)10-15(24(34)35)12-22(32)33)21(31)8-5-17-4-7-20(38-17)25(36)37-19-6-3-14(23(27)28)11-18(19)26;1-10(2)26(21(32)25-14(19(29)30)8-17(27)28)9-12-4-6-16(34-12)20(31)33-15-5-3-11(18(23)24)7-13(15)22;21-11-5-10(17(22)23)1-2-13(11)32-19(30)14-6-9-3-4-25(8-15(9)33-14)20(31)24-12(18(28)29)7-16(26)27/h2-4,6-7,11,15H,1,5,8-10,12-13H2,(H3,27,28)(H,32,33)(H,34,35);3-7,10,14H,8-9H2,1-2H3,(H3,23,24)(H,25,32)(H,27,28)(H,29,30);1-2,5-6,12H,3-4,7-8H2,(H3,22,23)(H,24,31)(H,26,27)(H,28,29)/t15-;14-;12-/m000/s1. The molecule has 3 aromatic carbocycles. The molecule has 105 heavy (non-hydrogen) atoms. The van der Waals surface area contributed by atoms with Crippen LogP contribution < -0.4 is 42.0 Å². The van der Waals surface area contributed by atoms with Crippen molar-refractivity contribution in [1.82, 2.24) is 25.3 Å². The number of thiophene rings is 3. The number of nitrogens with two attached hydrogens (primary N) is 3. The molecule has 0 bridgehead atoms. The van der Waals surface area contributed by atoms with Crippen LogP contribution >= 0.6 is 34.0 Å². The molecular formula is C66H68F3N11O22S3. The second-order valence-electron chi connectivity index (χ2n) is 22.6. The SMILES string of the molecule is C=CCN(CC(=O)C[C@@H](CC(=O)O)C(=O)O)C(=O)CCc1ccc(C(=O)Oc2ccc(C(=N)N)cc2F)s1.CC(C)N(Cc1ccc(C(=O)Oc2ccc(C(=N)N)cc2F)s1)C(=O)N[C@@H](CC(=O)O)C(=O)O.N=C(N)c1ccc(OC(=O)c2cc3c(s2)CN(C(=O)N[C@@H](CC(=O)O)C(=O)O)CC3)c(F)c1. The van der Waals surface area contributed by atoms with Gasteiger partial charge in [0.05, 0.1) is 44.8 Å². The third kappa shape index (κ3) is 25.6. The van der Waals surface area contributed by atoms with Crippen LogP contribution in [-0.2, 0) is 64.3 Å². The minimum atomic E-state index is -1.61. The number of nitrogens with zero attached hydrogens (tertiary/aromatic N) is 3. The molecule has 17 N–H and O–H groups in total. The van der Waals surface area contributed by atoms with Crippen LogP contribution in [0.4, 0.5) is 22.8 Å². The maximum absolute atomic E-state index is 14.1. The van der Waals surface area contributed by atoms with Crippen LogP contribution in [0, 0.1) is 39.6 Å². The van der Waals surface area contributed by atoms with Crippen molar-refractivity contribution in [1.29, 1.82) is 16.2 Å². The average molecular weight is 1520 g/mol. The van der Waals surface area contributed by atoms with E-state index in [4.69, 9.17) is 78.3 Å². The number of ketones is 1. The fraction of sp³-hybridized carbons (Fsp3) is 0.273. The molecule has 558 valence electrons. The lowest BCUT2D eigenvalue weighted by Gasteiger charge is -2.28. The molecule has 6 aromatic rings. The van der Waals surface area contributed by atoms with Gasteiger partial charge in [0, 0.05) is 63.3 Å². The highest BCUT2D eigenvalue weighted by Crippen LogP contribution is 2.31. The van der Waals surface area contributed by atoms with Crippen LogP contribution in [0.5, 0.6) is 17.2 Å². The topological polar surface area (TPSA) is 554 Å². The molecule has 0 saturated heterocycles. The number of carboxylic acid groups (broad SMARTS) is 6. The fourth-order valence-electron chi connectivity index (χ4n) is 9.18. The number of carboxylic acids is 6. The van der Waals surface area contributed by atoms with Crippen LogP contribution in [0.1, 0.15) is 112 Å². The van der Waals surface area contributed by atoms with E-state index in [-0.39, 0.29) is 111 Å². The van der Waals surface area contributed by atoms with Crippen molar-refractivity contribution in [3.63, 3.8) is 0 Å². The number of esters is 3. The summed E-state index contributed by atoms with van der Waals surface area (Å²) in [5.41, 5.74) is 17.1. The highest BCUT2D eigenvalue weighted by atomic mass is 32.1. The molecule has 1 aliphatic heterocycles. The van der Waals surface area contributed by atoms with Gasteiger partial charge in [-0.2, -0.15) is 0 Å². The number of amides is 5. The number of ether oxygens (including phenoxy) is 3. The van der Waals surface area contributed by atoms with Crippen molar-refractivity contribution >= 4 is 129 Å². The minimum Gasteiger partial charge on any atom is -0.481 e. The largest absolute Gasteiger partial charge is 0.481 e. The van der Waals surface area contributed by atoms with Crippen molar-refractivity contribution in [2.45, 2.75) is 90.0 Å². The van der Waals surface area contributed by atoms with E-state index >= 15 is 0 Å². The number of fused-ring (bicyclic) bond motifs is 1. The van der Waals surface area contributed by atoms with Gasteiger partial charge >= 0.3 is 65.8 Å². The molecular weight excluding hydrogens is 1450 g/mol. The molecule has 5 amide bonds. The molecule has 3 aromatic heterocycles. The maximum atomic E-state index is 14.1. The molecule has 0 spiro atoms. The average Bonchev–Trinajstić information content (AvgIpc) is 1.68. The molecule has 39 heteroatoms. The zero-order valence-electron chi connectivity index (χ0n) is 55.3. The Kier molecular flexibility index (Phi) is 30.6. The third-order valence-electron chi connectivity index (χ3n) is 14.5. The van der Waals surface area contributed by atoms with E-state index in [2.05, 4.69) is 17.2 Å². The van der Waals surface area contributed by atoms with E-state index in [1.807, 2.05) is 0 Å². The number of nitrogen functional groups attached to an aromatic ring is 3. The number of carbonyl (C=O) groups is 13. The predicted octanol–water partition coefficient (Wildman–Crippen LogP) is 6.10. The number of rotatable bonds is 32. The summed E-state index contributed by atoms with van der Waals surface area (Å²) in [6.07, 6.45) is -0.826. The molecule has 3 atom stereocenters. The zero-order chi connectivity index (χ0) is 78.3. The van der Waals surface area contributed by atoms with E-state index in [1.165, 1.54) is 69.3 Å². The van der Waals surface area contributed by atoms with Crippen molar-refractivity contribution < 1.29 is 120 Å². The number of nitrogens with one attached hydrogen (secondary N) is 5. The Morgan fingerprint density at radius 2 is 1.04 bits per heavy atom. The van der Waals surface area contributed by atoms with Crippen molar-refractivity contribution in [2.75, 3.05) is 19.6 Å². The van der Waals surface area contributed by atoms with Gasteiger partial charge in [0.1, 0.15) is 44.2 Å². The summed E-state index contributed by atoms with van der Waals surface area (Å²) in [7, 11) is 0. The minimum absolute atomic E-state index is 0.00251. The second kappa shape index (κ2) is 38.6. The molecule has 0 unspecified atom stereocenters. The number of aliphatic carboxylic acids is 6. The lowest BCUT2D eigenvalue weighted by molar-refractivity contribution is -0.149. The van der Waals surface area contributed by atoms with Gasteiger partial charge < -0.3 is 87.4 Å². The Morgan fingerprint density at radius 1 is 0.590 bits per heavy atom. The van der Waals surface area contributed by atoms with Crippen molar-refractivity contribution in [3.8, 4) is 17.2 Å². The summed E-state index contributed by atoms with van der Waals surface area (Å²) in [5, 5.41) is 80.1.